The molecule has 2 unspecified atom stereocenters. The molecule has 0 aliphatic rings. The van der Waals surface area contributed by atoms with Crippen molar-refractivity contribution < 1.29 is 4.57 Å². The normalized spacial score (nSPS) is 13.4. The number of aromatic amines is 1. The van der Waals surface area contributed by atoms with Crippen molar-refractivity contribution in [2.75, 3.05) is 0 Å². The van der Waals surface area contributed by atoms with Crippen LogP contribution < -0.4 is 4.57 Å². The number of hydrogen-bond donors (Lipinski definition) is 1. The van der Waals surface area contributed by atoms with Crippen molar-refractivity contribution in [3.63, 3.8) is 0 Å². The predicted molar refractivity (Wildman–Crippen MR) is 156 cm³/mol. The van der Waals surface area contributed by atoms with Crippen LogP contribution in [0.5, 0.6) is 0 Å². The fraction of sp³-hybridized carbons (Fsp3) is 0.909. The molecule has 2 atom stereocenters. The molecule has 206 valence electrons. The number of unbranched alkanes of at least 4 members (excludes halogenated alkanes) is 18. The van der Waals surface area contributed by atoms with Crippen molar-refractivity contribution in [1.29, 1.82) is 0 Å². The minimum Gasteiger partial charge on any atom is -0.247 e. The zero-order valence-electron chi connectivity index (χ0n) is 24.7. The summed E-state index contributed by atoms with van der Waals surface area (Å²) in [7, 11) is 0. The Morgan fingerprint density at radius 2 is 0.914 bits per heavy atom. The Bertz CT molecular complexity index is 549. The molecule has 0 aliphatic heterocycles. The largest absolute Gasteiger partial charge is 0.257 e. The second-order valence-corrected chi connectivity index (χ2v) is 11.5. The van der Waals surface area contributed by atoms with Crippen LogP contribution in [0.15, 0.2) is 12.4 Å². The van der Waals surface area contributed by atoms with Crippen molar-refractivity contribution in [1.82, 2.24) is 4.98 Å². The Hall–Kier alpha value is -0.790. The third kappa shape index (κ3) is 16.6. The number of hydrogen-bond acceptors (Lipinski definition) is 0. The summed E-state index contributed by atoms with van der Waals surface area (Å²) < 4.78 is 2.61. The summed E-state index contributed by atoms with van der Waals surface area (Å²) in [5.74, 6) is 2.23. The van der Waals surface area contributed by atoms with Crippen LogP contribution in [0.3, 0.4) is 0 Å². The number of imidazole rings is 1. The molecule has 1 heterocycles. The first-order chi connectivity index (χ1) is 17.2. The smallest absolute Gasteiger partial charge is 0.247 e. The van der Waals surface area contributed by atoms with E-state index in [1.54, 1.807) is 0 Å². The van der Waals surface area contributed by atoms with Crippen molar-refractivity contribution in [2.24, 2.45) is 0 Å². The Morgan fingerprint density at radius 1 is 0.543 bits per heavy atom. The average Bonchev–Trinajstić information content (AvgIpc) is 3.35. The summed E-state index contributed by atoms with van der Waals surface area (Å²) in [6.07, 6.45) is 38.3. The highest BCUT2D eigenvalue weighted by atomic mass is 15.1. The van der Waals surface area contributed by atoms with Crippen molar-refractivity contribution >= 4 is 0 Å². The zero-order valence-corrected chi connectivity index (χ0v) is 24.7. The van der Waals surface area contributed by atoms with Crippen molar-refractivity contribution in [2.45, 2.75) is 194 Å². The van der Waals surface area contributed by atoms with E-state index in [-0.39, 0.29) is 0 Å². The number of aromatic nitrogens is 2. The van der Waals surface area contributed by atoms with E-state index in [0.717, 1.165) is 0 Å². The maximum Gasteiger partial charge on any atom is 0.257 e. The topological polar surface area (TPSA) is 19.7 Å². The first-order valence-electron chi connectivity index (χ1n) is 16.3. The molecule has 1 N–H and O–H groups in total. The maximum absolute atomic E-state index is 3.69. The second kappa shape index (κ2) is 23.6. The zero-order chi connectivity index (χ0) is 25.4. The van der Waals surface area contributed by atoms with Gasteiger partial charge >= 0.3 is 0 Å². The van der Waals surface area contributed by atoms with Gasteiger partial charge in [0.05, 0.1) is 12.0 Å². The Morgan fingerprint density at radius 3 is 1.40 bits per heavy atom. The lowest BCUT2D eigenvalue weighted by molar-refractivity contribution is -0.727. The summed E-state index contributed by atoms with van der Waals surface area (Å²) >= 11 is 0. The summed E-state index contributed by atoms with van der Waals surface area (Å²) in [6, 6.07) is 0.623. The molecule has 0 saturated heterocycles. The minimum absolute atomic E-state index is 0.623. The van der Waals surface area contributed by atoms with Gasteiger partial charge in [-0.3, -0.25) is 0 Å². The first kappa shape index (κ1) is 32.2. The molecule has 0 aromatic carbocycles. The quantitative estimate of drug-likeness (QED) is 0.0985. The van der Waals surface area contributed by atoms with Gasteiger partial charge in [-0.2, -0.15) is 0 Å². The molecule has 0 saturated carbocycles. The molecular weight excluding hydrogens is 424 g/mol. The third-order valence-corrected chi connectivity index (χ3v) is 8.14. The molecule has 1 aromatic rings. The Balaban J connectivity index is 2.34. The van der Waals surface area contributed by atoms with Crippen LogP contribution in [-0.4, -0.2) is 4.98 Å². The van der Waals surface area contributed by atoms with Gasteiger partial charge in [0.15, 0.2) is 0 Å². The molecule has 0 radical (unpaired) electrons. The van der Waals surface area contributed by atoms with E-state index in [1.165, 1.54) is 160 Å². The molecule has 2 nitrogen and oxygen atoms in total. The molecule has 0 bridgehead atoms. The van der Waals surface area contributed by atoms with Gasteiger partial charge in [-0.05, 0) is 32.6 Å². The first-order valence-corrected chi connectivity index (χ1v) is 16.3. The van der Waals surface area contributed by atoms with Crippen LogP contribution in [-0.2, 0) is 0 Å². The fourth-order valence-corrected chi connectivity index (χ4v) is 5.72. The van der Waals surface area contributed by atoms with E-state index >= 15 is 0 Å². The van der Waals surface area contributed by atoms with Gasteiger partial charge in [-0.25, -0.2) is 9.55 Å². The average molecular weight is 490 g/mol. The van der Waals surface area contributed by atoms with E-state index in [9.17, 15) is 0 Å². The molecule has 0 aliphatic carbocycles. The lowest BCUT2D eigenvalue weighted by Crippen LogP contribution is -2.41. The number of nitrogens with zero attached hydrogens (tertiary/aromatic N) is 1. The molecular formula is C33H65N2+. The molecule has 2 heteroatoms. The highest BCUT2D eigenvalue weighted by molar-refractivity contribution is 4.90. The summed E-state index contributed by atoms with van der Waals surface area (Å²) in [5, 5.41) is 0. The summed E-state index contributed by atoms with van der Waals surface area (Å²) in [4.78, 5) is 3.69. The predicted octanol–water partition coefficient (Wildman–Crippen LogP) is 11.4. The lowest BCUT2D eigenvalue weighted by Gasteiger charge is -2.17. The SMILES string of the molecule is CCCCCCCCCCCCCC(C)[n+]1cc[nH]c1C(CCCCC)CCCCCCCCC. The van der Waals surface area contributed by atoms with Gasteiger partial charge in [0, 0.05) is 0 Å². The standard InChI is InChI=1S/C33H64N2/c1-5-8-11-13-15-16-17-18-20-21-24-26-31(4)35-30-29-34-33(35)32(27-23-10-7-3)28-25-22-19-14-12-9-6-2/h29-32H,5-28H2,1-4H3/p+1. The lowest BCUT2D eigenvalue weighted by atomic mass is 9.93. The van der Waals surface area contributed by atoms with E-state index in [2.05, 4.69) is 49.6 Å². The molecule has 0 amide bonds. The summed E-state index contributed by atoms with van der Waals surface area (Å²) in [6.45, 7) is 9.39. The van der Waals surface area contributed by atoms with E-state index < -0.39 is 0 Å². The number of H-pyrrole nitrogens is 1. The van der Waals surface area contributed by atoms with E-state index in [4.69, 9.17) is 0 Å². The minimum atomic E-state index is 0.623. The van der Waals surface area contributed by atoms with Crippen LogP contribution >= 0.6 is 0 Å². The van der Waals surface area contributed by atoms with Crippen LogP contribution in [0.4, 0.5) is 0 Å². The maximum atomic E-state index is 3.69. The fourth-order valence-electron chi connectivity index (χ4n) is 5.72. The summed E-state index contributed by atoms with van der Waals surface area (Å²) in [5.41, 5.74) is 0. The van der Waals surface area contributed by atoms with Gasteiger partial charge in [0.2, 0.25) is 0 Å². The van der Waals surface area contributed by atoms with E-state index in [0.29, 0.717) is 12.0 Å². The van der Waals surface area contributed by atoms with Gasteiger partial charge < -0.3 is 0 Å². The Labute approximate surface area is 221 Å². The van der Waals surface area contributed by atoms with E-state index in [1.807, 2.05) is 0 Å². The highest BCUT2D eigenvalue weighted by Crippen LogP contribution is 2.27. The second-order valence-electron chi connectivity index (χ2n) is 11.5. The van der Waals surface area contributed by atoms with Crippen molar-refractivity contribution in [3.05, 3.63) is 18.2 Å². The third-order valence-electron chi connectivity index (χ3n) is 8.14. The van der Waals surface area contributed by atoms with Crippen LogP contribution in [0.25, 0.3) is 0 Å². The van der Waals surface area contributed by atoms with Crippen molar-refractivity contribution in [3.8, 4) is 0 Å². The molecule has 35 heavy (non-hydrogen) atoms. The molecule has 1 rings (SSSR count). The molecule has 0 spiro atoms. The van der Waals surface area contributed by atoms with Gasteiger partial charge in [0.25, 0.3) is 5.82 Å². The monoisotopic (exact) mass is 490 g/mol. The highest BCUT2D eigenvalue weighted by Gasteiger charge is 2.25. The van der Waals surface area contributed by atoms with Gasteiger partial charge in [-0.15, -0.1) is 0 Å². The molecule has 1 aromatic heterocycles. The molecule has 0 fully saturated rings. The number of nitrogens with one attached hydrogen (secondary N) is 1. The van der Waals surface area contributed by atoms with Crippen LogP contribution in [0.2, 0.25) is 0 Å². The van der Waals surface area contributed by atoms with Crippen LogP contribution in [0.1, 0.15) is 200 Å². The number of rotatable bonds is 26. The van der Waals surface area contributed by atoms with Gasteiger partial charge in [0.1, 0.15) is 12.4 Å². The van der Waals surface area contributed by atoms with Gasteiger partial charge in [-0.1, -0.05) is 149 Å². The Kier molecular flexibility index (Phi) is 21.7. The van der Waals surface area contributed by atoms with Crippen LogP contribution in [0, 0.1) is 0 Å².